The van der Waals surface area contributed by atoms with Gasteiger partial charge in [0.2, 0.25) is 0 Å². The summed E-state index contributed by atoms with van der Waals surface area (Å²) in [5, 5.41) is -1.52. The lowest BCUT2D eigenvalue weighted by atomic mass is 10.4. The van der Waals surface area contributed by atoms with E-state index in [2.05, 4.69) is 34.7 Å². The number of hydrogen-bond acceptors (Lipinski definition) is 5. The van der Waals surface area contributed by atoms with Crippen molar-refractivity contribution in [3.8, 4) is 0 Å². The van der Waals surface area contributed by atoms with Gasteiger partial charge in [-0.3, -0.25) is 4.79 Å². The summed E-state index contributed by atoms with van der Waals surface area (Å²) in [6, 6.07) is 0. The first-order chi connectivity index (χ1) is 5.02. The van der Waals surface area contributed by atoms with Crippen molar-refractivity contribution in [2.24, 2.45) is 0 Å². The van der Waals surface area contributed by atoms with Gasteiger partial charge in [-0.05, 0) is 6.92 Å². The quantitative estimate of drug-likeness (QED) is 0.415. The molecule has 64 valence electrons. The van der Waals surface area contributed by atoms with E-state index in [1.54, 1.807) is 6.92 Å². The molecular weight excluding hydrogens is 188 g/mol. The average Bonchev–Trinajstić information content (AvgIpc) is 1.82. The zero-order valence-electron chi connectivity index (χ0n) is 5.77. The molecule has 0 saturated heterocycles. The van der Waals surface area contributed by atoms with E-state index >= 15 is 0 Å². The first kappa shape index (κ1) is 10.5. The third kappa shape index (κ3) is 7.41. The number of rotatable bonds is 3. The summed E-state index contributed by atoms with van der Waals surface area (Å²) in [6.45, 7) is 1.53. The SMILES string of the molecule is CC(COC(=O)S)OC(=O)[S-]. The van der Waals surface area contributed by atoms with Crippen LogP contribution in [-0.4, -0.2) is 23.3 Å². The van der Waals surface area contributed by atoms with Gasteiger partial charge < -0.3 is 22.1 Å². The highest BCUT2D eigenvalue weighted by atomic mass is 32.1. The third-order valence-corrected chi connectivity index (χ3v) is 0.964. The van der Waals surface area contributed by atoms with Gasteiger partial charge >= 0.3 is 5.30 Å². The van der Waals surface area contributed by atoms with E-state index in [9.17, 15) is 9.59 Å². The Morgan fingerprint density at radius 3 is 2.55 bits per heavy atom. The van der Waals surface area contributed by atoms with Gasteiger partial charge in [0, 0.05) is 0 Å². The maximum Gasteiger partial charge on any atom is 0.364 e. The van der Waals surface area contributed by atoms with E-state index in [1.807, 2.05) is 0 Å². The molecule has 1 unspecified atom stereocenters. The highest BCUT2D eigenvalue weighted by Crippen LogP contribution is 1.95. The molecule has 0 heterocycles. The Kier molecular flexibility index (Phi) is 4.97. The maximum atomic E-state index is 10.1. The summed E-state index contributed by atoms with van der Waals surface area (Å²) in [5.74, 6) is 0. The van der Waals surface area contributed by atoms with E-state index in [4.69, 9.17) is 0 Å². The normalized spacial score (nSPS) is 11.8. The Hall–Kier alpha value is -0.490. The largest absolute Gasteiger partial charge is 0.698 e. The van der Waals surface area contributed by atoms with Crippen LogP contribution in [0.5, 0.6) is 0 Å². The van der Waals surface area contributed by atoms with Gasteiger partial charge in [0.15, 0.2) is 5.30 Å². The third-order valence-electron chi connectivity index (χ3n) is 0.739. The van der Waals surface area contributed by atoms with Crippen LogP contribution in [-0.2, 0) is 22.1 Å². The van der Waals surface area contributed by atoms with Crippen LogP contribution in [0.1, 0.15) is 6.92 Å². The molecule has 0 aliphatic heterocycles. The highest BCUT2D eigenvalue weighted by molar-refractivity contribution is 7.96. The van der Waals surface area contributed by atoms with E-state index in [0.29, 0.717) is 0 Å². The lowest BCUT2D eigenvalue weighted by Crippen LogP contribution is -2.18. The fourth-order valence-electron chi connectivity index (χ4n) is 0.387. The molecule has 0 aromatic carbocycles. The van der Waals surface area contributed by atoms with E-state index in [1.165, 1.54) is 0 Å². The van der Waals surface area contributed by atoms with Crippen LogP contribution in [0, 0.1) is 0 Å². The minimum atomic E-state index is -0.812. The number of hydrogen-bond donors (Lipinski definition) is 1. The van der Waals surface area contributed by atoms with Crippen molar-refractivity contribution in [1.29, 1.82) is 0 Å². The van der Waals surface area contributed by atoms with Gasteiger partial charge in [0.25, 0.3) is 0 Å². The predicted molar refractivity (Wildman–Crippen MR) is 43.6 cm³/mol. The fourth-order valence-corrected chi connectivity index (χ4v) is 0.626. The summed E-state index contributed by atoms with van der Waals surface area (Å²) >= 11 is 7.45. The van der Waals surface area contributed by atoms with Gasteiger partial charge in [0.1, 0.15) is 12.7 Å². The number of carbonyl (C=O) groups excluding carboxylic acids is 2. The lowest BCUT2D eigenvalue weighted by Gasteiger charge is -2.14. The molecule has 6 heteroatoms. The fraction of sp³-hybridized carbons (Fsp3) is 0.600. The van der Waals surface area contributed by atoms with Crippen molar-refractivity contribution in [2.45, 2.75) is 13.0 Å². The van der Waals surface area contributed by atoms with Gasteiger partial charge in [-0.2, -0.15) is 0 Å². The molecule has 0 saturated carbocycles. The van der Waals surface area contributed by atoms with Gasteiger partial charge in [-0.15, -0.1) is 0 Å². The number of ether oxygens (including phenoxy) is 2. The minimum absolute atomic E-state index is 0.0231. The van der Waals surface area contributed by atoms with E-state index in [0.717, 1.165) is 0 Å². The molecule has 0 rings (SSSR count). The van der Waals surface area contributed by atoms with Crippen LogP contribution < -0.4 is 0 Å². The van der Waals surface area contributed by atoms with E-state index < -0.39 is 16.7 Å². The Bertz CT molecular complexity index is 159. The Labute approximate surface area is 75.1 Å². The molecule has 0 aliphatic rings. The van der Waals surface area contributed by atoms with Crippen molar-refractivity contribution in [3.05, 3.63) is 0 Å². The second kappa shape index (κ2) is 5.20. The Balaban J connectivity index is 3.44. The topological polar surface area (TPSA) is 52.6 Å². The van der Waals surface area contributed by atoms with Gasteiger partial charge in [-0.1, -0.05) is 12.6 Å². The molecule has 0 aromatic heterocycles. The van der Waals surface area contributed by atoms with Crippen molar-refractivity contribution in [3.63, 3.8) is 0 Å². The maximum absolute atomic E-state index is 10.1. The summed E-state index contributed by atoms with van der Waals surface area (Å²) < 4.78 is 8.87. The van der Waals surface area contributed by atoms with E-state index in [-0.39, 0.29) is 6.61 Å². The molecule has 1 atom stereocenters. The molecule has 0 amide bonds. The standard InChI is InChI=1S/C5H8O4S2/c1-3(9-5(7)11)2-8-4(6)10/h3H,2H2,1H3,(H,6,10)(H,7,11)/p-1. The number of carbonyl (C=O) groups is 2. The molecule has 0 spiro atoms. The van der Waals surface area contributed by atoms with Crippen molar-refractivity contribution < 1.29 is 19.1 Å². The van der Waals surface area contributed by atoms with Crippen LogP contribution in [0.2, 0.25) is 0 Å². The summed E-state index contributed by atoms with van der Waals surface area (Å²) in [4.78, 5) is 20.2. The predicted octanol–water partition coefficient (Wildman–Crippen LogP) is 1.12. The molecule has 0 N–H and O–H groups in total. The molecule has 0 aliphatic carbocycles. The summed E-state index contributed by atoms with van der Waals surface area (Å²) in [5.41, 5.74) is 0. The Morgan fingerprint density at radius 2 is 2.18 bits per heavy atom. The van der Waals surface area contributed by atoms with Crippen LogP contribution in [0.4, 0.5) is 9.59 Å². The van der Waals surface area contributed by atoms with Crippen molar-refractivity contribution in [2.75, 3.05) is 6.61 Å². The highest BCUT2D eigenvalue weighted by Gasteiger charge is 2.03. The minimum Gasteiger partial charge on any atom is -0.698 e. The average molecular weight is 195 g/mol. The Morgan fingerprint density at radius 1 is 1.64 bits per heavy atom. The second-order valence-corrected chi connectivity index (χ2v) is 2.45. The monoisotopic (exact) mass is 195 g/mol. The van der Waals surface area contributed by atoms with Gasteiger partial charge in [0.05, 0.1) is 0 Å². The molecule has 11 heavy (non-hydrogen) atoms. The van der Waals surface area contributed by atoms with Crippen molar-refractivity contribution >= 4 is 35.9 Å². The van der Waals surface area contributed by atoms with Crippen LogP contribution >= 0.6 is 12.6 Å². The molecule has 0 aromatic rings. The molecule has 4 nitrogen and oxygen atoms in total. The molecule has 0 radical (unpaired) electrons. The second-order valence-electron chi connectivity index (χ2n) is 1.76. The van der Waals surface area contributed by atoms with Crippen LogP contribution in [0.25, 0.3) is 0 Å². The molecule has 0 fully saturated rings. The molecular formula is C5H7O4S2-. The first-order valence-electron chi connectivity index (χ1n) is 2.75. The zero-order valence-corrected chi connectivity index (χ0v) is 7.48. The molecule has 0 bridgehead atoms. The van der Waals surface area contributed by atoms with Crippen molar-refractivity contribution in [1.82, 2.24) is 0 Å². The zero-order chi connectivity index (χ0) is 8.85. The first-order valence-corrected chi connectivity index (χ1v) is 3.61. The van der Waals surface area contributed by atoms with Gasteiger partial charge in [-0.25, -0.2) is 4.79 Å². The van der Waals surface area contributed by atoms with Crippen LogP contribution in [0.15, 0.2) is 0 Å². The smallest absolute Gasteiger partial charge is 0.364 e. The lowest BCUT2D eigenvalue weighted by molar-refractivity contribution is 0.0767. The van der Waals surface area contributed by atoms with Crippen LogP contribution in [0.3, 0.4) is 0 Å². The summed E-state index contributed by atoms with van der Waals surface area (Å²) in [7, 11) is 0. The number of thiol groups is 1. The summed E-state index contributed by atoms with van der Waals surface area (Å²) in [6.07, 6.45) is -0.518.